The maximum Gasteiger partial charge on any atom is 0.165 e. The summed E-state index contributed by atoms with van der Waals surface area (Å²) in [5.41, 5.74) is 0.756. The quantitative estimate of drug-likeness (QED) is 0.421. The number of aliphatic hydroxyl groups is 2. The van der Waals surface area contributed by atoms with E-state index in [1.54, 1.807) is 0 Å². The monoisotopic (exact) mass is 614 g/mol. The van der Waals surface area contributed by atoms with Crippen LogP contribution >= 0.6 is 0 Å². The zero-order valence-electron chi connectivity index (χ0n) is 26.8. The molecule has 0 heterocycles. The molecule has 0 bridgehead atoms. The molecule has 9 aliphatic carbocycles. The molecule has 14 atom stereocenters. The molecule has 0 aliphatic heterocycles. The Morgan fingerprint density at radius 2 is 1.58 bits per heavy atom. The fraction of sp³-hybridized carbons (Fsp3) is 0.795. The SMILES string of the molecule is CC12CCC(=O)C=C1CCC1C2C(O)C[C@]23C(CCC12)C(=O)C3CC(=O)C1(O)CCC2C3CCC4=CC(=O)CCC4C3CCC21. The van der Waals surface area contributed by atoms with Gasteiger partial charge in [0.1, 0.15) is 11.4 Å². The smallest absolute Gasteiger partial charge is 0.165 e. The molecule has 9 aliphatic rings. The van der Waals surface area contributed by atoms with Gasteiger partial charge in [0.15, 0.2) is 17.3 Å². The van der Waals surface area contributed by atoms with Gasteiger partial charge < -0.3 is 10.2 Å². The lowest BCUT2D eigenvalue weighted by molar-refractivity contribution is -0.197. The average Bonchev–Trinajstić information content (AvgIpc) is 3.56. The molecule has 2 N–H and O–H groups in total. The van der Waals surface area contributed by atoms with Crippen molar-refractivity contribution in [2.45, 2.75) is 121 Å². The van der Waals surface area contributed by atoms with Crippen molar-refractivity contribution in [3.63, 3.8) is 0 Å². The van der Waals surface area contributed by atoms with Gasteiger partial charge in [-0.1, -0.05) is 18.1 Å². The van der Waals surface area contributed by atoms with Crippen LogP contribution in [0.2, 0.25) is 0 Å². The van der Waals surface area contributed by atoms with E-state index in [0.717, 1.165) is 70.6 Å². The Bertz CT molecular complexity index is 1440. The summed E-state index contributed by atoms with van der Waals surface area (Å²) in [6.45, 7) is 2.26. The van der Waals surface area contributed by atoms with Crippen molar-refractivity contribution < 1.29 is 29.4 Å². The molecule has 45 heavy (non-hydrogen) atoms. The van der Waals surface area contributed by atoms with Gasteiger partial charge in [-0.15, -0.1) is 0 Å². The molecule has 1 spiro atoms. The van der Waals surface area contributed by atoms with Gasteiger partial charge in [-0.3, -0.25) is 19.2 Å². The van der Waals surface area contributed by atoms with E-state index in [2.05, 4.69) is 6.92 Å². The molecule has 0 aromatic carbocycles. The summed E-state index contributed by atoms with van der Waals surface area (Å²) in [4.78, 5) is 52.5. The zero-order valence-corrected chi connectivity index (χ0v) is 26.8. The fourth-order valence-corrected chi connectivity index (χ4v) is 14.7. The second-order valence-corrected chi connectivity index (χ2v) is 17.5. The van der Waals surface area contributed by atoms with Crippen molar-refractivity contribution >= 4 is 23.1 Å². The number of rotatable bonds is 3. The van der Waals surface area contributed by atoms with E-state index in [9.17, 15) is 29.4 Å². The lowest BCUT2D eigenvalue weighted by Crippen LogP contribution is -2.66. The zero-order chi connectivity index (χ0) is 31.0. The van der Waals surface area contributed by atoms with E-state index in [-0.39, 0.29) is 64.1 Å². The third kappa shape index (κ3) is 3.76. The number of Topliss-reactive ketones (excluding diaryl/α,β-unsaturated/α-hetero) is 2. The van der Waals surface area contributed by atoms with Gasteiger partial charge in [-0.2, -0.15) is 0 Å². The lowest BCUT2D eigenvalue weighted by Gasteiger charge is -2.65. The Kier molecular flexibility index (Phi) is 6.37. The normalized spacial score (nSPS) is 53.0. The minimum atomic E-state index is -1.34. The molecular weight excluding hydrogens is 564 g/mol. The molecule has 9 rings (SSSR count). The van der Waals surface area contributed by atoms with Crippen LogP contribution in [-0.2, 0) is 19.2 Å². The molecule has 7 saturated carbocycles. The van der Waals surface area contributed by atoms with Crippen LogP contribution in [0, 0.1) is 70.0 Å². The molecule has 0 amide bonds. The first-order valence-electron chi connectivity index (χ1n) is 18.5. The number of hydrogen-bond donors (Lipinski definition) is 2. The highest BCUT2D eigenvalue weighted by Crippen LogP contribution is 2.74. The van der Waals surface area contributed by atoms with E-state index >= 15 is 0 Å². The average molecular weight is 615 g/mol. The van der Waals surface area contributed by atoms with Gasteiger partial charge >= 0.3 is 0 Å². The highest BCUT2D eigenvalue weighted by molar-refractivity contribution is 5.98. The van der Waals surface area contributed by atoms with Gasteiger partial charge in [0.25, 0.3) is 0 Å². The van der Waals surface area contributed by atoms with E-state index < -0.39 is 11.7 Å². The predicted octanol–water partition coefficient (Wildman–Crippen LogP) is 5.73. The molecule has 7 fully saturated rings. The maximum atomic E-state index is 14.3. The van der Waals surface area contributed by atoms with Crippen molar-refractivity contribution in [1.82, 2.24) is 0 Å². The first kappa shape index (κ1) is 29.2. The first-order valence-corrected chi connectivity index (χ1v) is 18.5. The van der Waals surface area contributed by atoms with E-state index in [1.807, 2.05) is 12.2 Å². The summed E-state index contributed by atoms with van der Waals surface area (Å²) < 4.78 is 0. The van der Waals surface area contributed by atoms with Crippen LogP contribution in [0.25, 0.3) is 0 Å². The number of aliphatic hydroxyl groups excluding tert-OH is 1. The molecule has 6 nitrogen and oxygen atoms in total. The van der Waals surface area contributed by atoms with Gasteiger partial charge in [0.05, 0.1) is 6.10 Å². The Morgan fingerprint density at radius 1 is 0.800 bits per heavy atom. The minimum Gasteiger partial charge on any atom is -0.393 e. The fourth-order valence-electron chi connectivity index (χ4n) is 14.7. The summed E-state index contributed by atoms with van der Waals surface area (Å²) in [7, 11) is 0. The molecule has 0 saturated heterocycles. The maximum absolute atomic E-state index is 14.3. The van der Waals surface area contributed by atoms with Crippen molar-refractivity contribution in [3.05, 3.63) is 23.3 Å². The van der Waals surface area contributed by atoms with Crippen molar-refractivity contribution in [2.24, 2.45) is 70.0 Å². The molecule has 242 valence electrons. The second-order valence-electron chi connectivity index (χ2n) is 17.5. The number of hydrogen-bond acceptors (Lipinski definition) is 6. The van der Waals surface area contributed by atoms with Crippen LogP contribution in [0.15, 0.2) is 23.3 Å². The highest BCUT2D eigenvalue weighted by atomic mass is 16.3. The predicted molar refractivity (Wildman–Crippen MR) is 166 cm³/mol. The van der Waals surface area contributed by atoms with Crippen LogP contribution in [0.5, 0.6) is 0 Å². The first-order chi connectivity index (χ1) is 21.6. The largest absolute Gasteiger partial charge is 0.393 e. The van der Waals surface area contributed by atoms with Crippen LogP contribution in [0.4, 0.5) is 0 Å². The summed E-state index contributed by atoms with van der Waals surface area (Å²) in [5.74, 6) is 2.82. The number of allylic oxidation sites excluding steroid dienone is 2. The van der Waals surface area contributed by atoms with Crippen LogP contribution in [-0.4, -0.2) is 45.1 Å². The summed E-state index contributed by atoms with van der Waals surface area (Å²) in [6, 6.07) is 0. The Labute approximate surface area is 266 Å². The second kappa shape index (κ2) is 9.81. The van der Waals surface area contributed by atoms with Crippen LogP contribution < -0.4 is 0 Å². The summed E-state index contributed by atoms with van der Waals surface area (Å²) in [6.07, 6.45) is 15.9. The van der Waals surface area contributed by atoms with Gasteiger partial charge in [0, 0.05) is 31.1 Å². The number of carbonyl (C=O) groups is 4. The van der Waals surface area contributed by atoms with Gasteiger partial charge in [-0.25, -0.2) is 0 Å². The third-order valence-corrected chi connectivity index (χ3v) is 16.4. The summed E-state index contributed by atoms with van der Waals surface area (Å²) in [5, 5.41) is 24.1. The minimum absolute atomic E-state index is 0.0244. The van der Waals surface area contributed by atoms with Gasteiger partial charge in [0.2, 0.25) is 0 Å². The van der Waals surface area contributed by atoms with Crippen molar-refractivity contribution in [2.75, 3.05) is 0 Å². The standard InChI is InChI=1S/C39H50O6/c1-37-14-12-23(41)17-21(37)3-6-28-29-10-11-31-36(44)32(38(29,31)19-33(42)35(28)37)18-34(43)39(45)15-13-27-26-5-2-20-16-22(40)4-7-24(20)25(26)8-9-30(27)39/h16-17,24-33,35,42,45H,2-15,18-19H2,1H3/t24?,25?,26?,27?,28?,29?,30?,31?,32?,33?,35?,37?,38-,39?/m1/s1. The molecule has 13 unspecified atom stereocenters. The van der Waals surface area contributed by atoms with Crippen LogP contribution in [0.1, 0.15) is 110 Å². The topological polar surface area (TPSA) is 109 Å². The Hall–Kier alpha value is -1.92. The van der Waals surface area contributed by atoms with Crippen molar-refractivity contribution in [3.8, 4) is 0 Å². The number of ketones is 4. The van der Waals surface area contributed by atoms with E-state index in [0.29, 0.717) is 61.2 Å². The molecular formula is C39H50O6. The Morgan fingerprint density at radius 3 is 2.42 bits per heavy atom. The van der Waals surface area contributed by atoms with Gasteiger partial charge in [-0.05, 0) is 154 Å². The summed E-state index contributed by atoms with van der Waals surface area (Å²) >= 11 is 0. The highest BCUT2D eigenvalue weighted by Gasteiger charge is 2.74. The molecule has 6 heteroatoms. The lowest BCUT2D eigenvalue weighted by atomic mass is 9.38. The third-order valence-electron chi connectivity index (χ3n) is 16.4. The van der Waals surface area contributed by atoms with Crippen LogP contribution in [0.3, 0.4) is 0 Å². The van der Waals surface area contributed by atoms with E-state index in [1.165, 1.54) is 11.1 Å². The molecule has 0 aromatic heterocycles. The number of carbonyl (C=O) groups excluding carboxylic acids is 4. The molecule has 0 aromatic rings. The van der Waals surface area contributed by atoms with E-state index in [4.69, 9.17) is 0 Å². The van der Waals surface area contributed by atoms with Crippen molar-refractivity contribution in [1.29, 1.82) is 0 Å². The molecule has 0 radical (unpaired) electrons. The Balaban J connectivity index is 0.953. The number of fused-ring (bicyclic) bond motifs is 9.